The summed E-state index contributed by atoms with van der Waals surface area (Å²) in [5.74, 6) is -1.68. The summed E-state index contributed by atoms with van der Waals surface area (Å²) in [5.41, 5.74) is 5.22. The largest absolute Gasteiger partial charge is 0.481 e. The molecule has 0 aromatic rings. The molecule has 0 saturated heterocycles. The van der Waals surface area contributed by atoms with Crippen molar-refractivity contribution in [1.82, 2.24) is 5.32 Å². The number of imide groups is 1. The molecule has 1 atom stereocenters. The number of nitrogens with one attached hydrogen (secondary N) is 1. The summed E-state index contributed by atoms with van der Waals surface area (Å²) in [5, 5.41) is 10.0. The Bertz CT molecular complexity index is 192. The van der Waals surface area contributed by atoms with Crippen molar-refractivity contribution in [2.45, 2.75) is 18.9 Å². The van der Waals surface area contributed by atoms with Crippen molar-refractivity contribution >= 4 is 18.3 Å². The quantitative estimate of drug-likeness (QED) is 0.437. The van der Waals surface area contributed by atoms with Gasteiger partial charge in [-0.05, 0) is 6.42 Å². The summed E-state index contributed by atoms with van der Waals surface area (Å²) in [4.78, 5) is 30.5. The zero-order valence-corrected chi connectivity index (χ0v) is 6.32. The van der Waals surface area contributed by atoms with Crippen LogP contribution in [-0.2, 0) is 14.4 Å². The molecule has 0 aliphatic rings. The van der Waals surface area contributed by atoms with Crippen LogP contribution in [0.3, 0.4) is 0 Å². The number of rotatable bonds is 5. The normalized spacial score (nSPS) is 11.8. The second kappa shape index (κ2) is 5.25. The average Bonchev–Trinajstić information content (AvgIpc) is 2.00. The standard InChI is InChI=1S/C6H10N2O4/c7-4(1-2-5(10)11)6(12)8-3-9/h3-4H,1-2,7H2,(H,10,11)(H,8,9,12)/t4-/m0/s1. The molecule has 0 aromatic heterocycles. The maximum Gasteiger partial charge on any atom is 0.303 e. The molecule has 12 heavy (non-hydrogen) atoms. The number of carbonyl (C=O) groups is 3. The molecule has 6 heteroatoms. The van der Waals surface area contributed by atoms with Crippen LogP contribution in [0, 0.1) is 0 Å². The van der Waals surface area contributed by atoms with E-state index in [0.717, 1.165) is 0 Å². The van der Waals surface area contributed by atoms with Gasteiger partial charge in [0, 0.05) is 6.42 Å². The molecule has 0 aliphatic carbocycles. The van der Waals surface area contributed by atoms with Crippen LogP contribution in [0.25, 0.3) is 0 Å². The van der Waals surface area contributed by atoms with E-state index in [1.165, 1.54) is 0 Å². The maximum absolute atomic E-state index is 10.7. The van der Waals surface area contributed by atoms with E-state index in [0.29, 0.717) is 0 Å². The Morgan fingerprint density at radius 3 is 2.58 bits per heavy atom. The van der Waals surface area contributed by atoms with E-state index in [9.17, 15) is 14.4 Å². The molecule has 0 unspecified atom stereocenters. The first-order valence-corrected chi connectivity index (χ1v) is 3.29. The van der Waals surface area contributed by atoms with E-state index in [1.54, 1.807) is 0 Å². The maximum atomic E-state index is 10.7. The lowest BCUT2D eigenvalue weighted by atomic mass is 10.1. The van der Waals surface area contributed by atoms with Gasteiger partial charge in [0.1, 0.15) is 0 Å². The molecule has 0 aromatic carbocycles. The van der Waals surface area contributed by atoms with Crippen LogP contribution in [0.5, 0.6) is 0 Å². The van der Waals surface area contributed by atoms with E-state index < -0.39 is 17.9 Å². The molecule has 0 spiro atoms. The van der Waals surface area contributed by atoms with Crippen molar-refractivity contribution in [3.8, 4) is 0 Å². The Balaban J connectivity index is 3.70. The Labute approximate surface area is 68.7 Å². The predicted molar refractivity (Wildman–Crippen MR) is 39.1 cm³/mol. The van der Waals surface area contributed by atoms with Crippen molar-refractivity contribution in [3.05, 3.63) is 0 Å². The van der Waals surface area contributed by atoms with Crippen LogP contribution in [0.2, 0.25) is 0 Å². The monoisotopic (exact) mass is 174 g/mol. The van der Waals surface area contributed by atoms with Crippen LogP contribution in [0.1, 0.15) is 12.8 Å². The fraction of sp³-hybridized carbons (Fsp3) is 0.500. The Hall–Kier alpha value is -1.43. The van der Waals surface area contributed by atoms with E-state index in [1.807, 2.05) is 5.32 Å². The summed E-state index contributed by atoms with van der Waals surface area (Å²) >= 11 is 0. The van der Waals surface area contributed by atoms with Crippen molar-refractivity contribution < 1.29 is 19.5 Å². The first-order valence-electron chi connectivity index (χ1n) is 3.29. The predicted octanol–water partition coefficient (Wildman–Crippen LogP) is -1.55. The molecule has 2 amide bonds. The second-order valence-corrected chi connectivity index (χ2v) is 2.17. The summed E-state index contributed by atoms with van der Waals surface area (Å²) in [7, 11) is 0. The first kappa shape index (κ1) is 10.6. The highest BCUT2D eigenvalue weighted by molar-refractivity contribution is 5.90. The topological polar surface area (TPSA) is 109 Å². The van der Waals surface area contributed by atoms with Gasteiger partial charge in [-0.3, -0.25) is 19.7 Å². The fourth-order valence-electron chi connectivity index (χ4n) is 0.575. The number of hydrogen-bond donors (Lipinski definition) is 3. The zero-order chi connectivity index (χ0) is 9.56. The van der Waals surface area contributed by atoms with E-state index in [2.05, 4.69) is 0 Å². The number of carboxylic acids is 1. The summed E-state index contributed by atoms with van der Waals surface area (Å²) in [6.45, 7) is 0. The molecule has 6 nitrogen and oxygen atoms in total. The second-order valence-electron chi connectivity index (χ2n) is 2.17. The third-order valence-corrected chi connectivity index (χ3v) is 1.21. The molecule has 0 fully saturated rings. The van der Waals surface area contributed by atoms with Crippen molar-refractivity contribution in [1.29, 1.82) is 0 Å². The average molecular weight is 174 g/mol. The fourth-order valence-corrected chi connectivity index (χ4v) is 0.575. The number of nitrogens with two attached hydrogens (primary N) is 1. The van der Waals surface area contributed by atoms with Gasteiger partial charge < -0.3 is 10.8 Å². The number of aliphatic carboxylic acids is 1. The molecule has 68 valence electrons. The summed E-state index contributed by atoms with van der Waals surface area (Å²) < 4.78 is 0. The van der Waals surface area contributed by atoms with Crippen molar-refractivity contribution in [3.63, 3.8) is 0 Å². The molecular formula is C6H10N2O4. The third kappa shape index (κ3) is 4.40. The SMILES string of the molecule is N[C@@H](CCC(=O)O)C(=O)NC=O. The Kier molecular flexibility index (Phi) is 4.62. The number of amides is 2. The zero-order valence-electron chi connectivity index (χ0n) is 6.32. The van der Waals surface area contributed by atoms with Crippen LogP contribution < -0.4 is 11.1 Å². The van der Waals surface area contributed by atoms with Gasteiger partial charge in [0.05, 0.1) is 6.04 Å². The Morgan fingerprint density at radius 1 is 1.58 bits per heavy atom. The number of carbonyl (C=O) groups excluding carboxylic acids is 2. The summed E-state index contributed by atoms with van der Waals surface area (Å²) in [6.07, 6.45) is 0.0470. The van der Waals surface area contributed by atoms with Crippen molar-refractivity contribution in [2.24, 2.45) is 5.73 Å². The molecule has 0 saturated carbocycles. The minimum absolute atomic E-state index is 0.0228. The van der Waals surface area contributed by atoms with Gasteiger partial charge in [-0.25, -0.2) is 0 Å². The molecule has 0 aliphatic heterocycles. The number of carboxylic acid groups (broad SMARTS) is 1. The van der Waals surface area contributed by atoms with Gasteiger partial charge >= 0.3 is 5.97 Å². The van der Waals surface area contributed by atoms with Gasteiger partial charge in [0.25, 0.3) is 0 Å². The molecule has 0 radical (unpaired) electrons. The van der Waals surface area contributed by atoms with E-state index >= 15 is 0 Å². The lowest BCUT2D eigenvalue weighted by Crippen LogP contribution is -2.40. The number of hydrogen-bond acceptors (Lipinski definition) is 4. The minimum Gasteiger partial charge on any atom is -0.481 e. The van der Waals surface area contributed by atoms with Crippen LogP contribution in [0.15, 0.2) is 0 Å². The first-order chi connectivity index (χ1) is 5.57. The third-order valence-electron chi connectivity index (χ3n) is 1.21. The van der Waals surface area contributed by atoms with Gasteiger partial charge in [-0.2, -0.15) is 0 Å². The molecule has 4 N–H and O–H groups in total. The van der Waals surface area contributed by atoms with Gasteiger partial charge in [0.2, 0.25) is 12.3 Å². The van der Waals surface area contributed by atoms with E-state index in [-0.39, 0.29) is 19.3 Å². The van der Waals surface area contributed by atoms with Crippen LogP contribution >= 0.6 is 0 Å². The minimum atomic E-state index is -1.02. The highest BCUT2D eigenvalue weighted by Gasteiger charge is 2.13. The highest BCUT2D eigenvalue weighted by atomic mass is 16.4. The lowest BCUT2D eigenvalue weighted by Gasteiger charge is -2.06. The van der Waals surface area contributed by atoms with Crippen LogP contribution in [0.4, 0.5) is 0 Å². The van der Waals surface area contributed by atoms with Gasteiger partial charge in [0.15, 0.2) is 0 Å². The highest BCUT2D eigenvalue weighted by Crippen LogP contribution is 1.93. The van der Waals surface area contributed by atoms with Crippen LogP contribution in [-0.4, -0.2) is 29.4 Å². The molecule has 0 bridgehead atoms. The van der Waals surface area contributed by atoms with Crippen molar-refractivity contribution in [2.75, 3.05) is 0 Å². The summed E-state index contributed by atoms with van der Waals surface area (Å²) in [6, 6.07) is -0.939. The molecule has 0 heterocycles. The molecular weight excluding hydrogens is 164 g/mol. The van der Waals surface area contributed by atoms with E-state index in [4.69, 9.17) is 10.8 Å². The van der Waals surface area contributed by atoms with Gasteiger partial charge in [-0.15, -0.1) is 0 Å². The molecule has 0 rings (SSSR count). The lowest BCUT2D eigenvalue weighted by molar-refractivity contribution is -0.137. The Morgan fingerprint density at radius 2 is 2.17 bits per heavy atom. The smallest absolute Gasteiger partial charge is 0.303 e. The van der Waals surface area contributed by atoms with Gasteiger partial charge in [-0.1, -0.05) is 0 Å².